The maximum atomic E-state index is 13.4. The van der Waals surface area contributed by atoms with Crippen molar-refractivity contribution in [2.24, 2.45) is 0 Å². The van der Waals surface area contributed by atoms with Crippen molar-refractivity contribution in [3.8, 4) is 22.4 Å². The van der Waals surface area contributed by atoms with E-state index in [1.807, 2.05) is 66.7 Å². The molecule has 38 heavy (non-hydrogen) atoms. The molecule has 3 nitrogen and oxygen atoms in total. The third-order valence-electron chi connectivity index (χ3n) is 6.33. The second-order valence-corrected chi connectivity index (χ2v) is 10.4. The molecule has 0 atom stereocenters. The molecule has 2 aromatic heterocycles. The van der Waals surface area contributed by atoms with Crippen LogP contribution in [0.25, 0.3) is 43.4 Å². The van der Waals surface area contributed by atoms with E-state index < -0.39 is 11.7 Å². The topological polar surface area (TPSA) is 37.8 Å². The molecule has 0 amide bonds. The first-order valence-electron chi connectivity index (χ1n) is 11.8. The Labute approximate surface area is 225 Å². The molecule has 0 spiro atoms. The highest BCUT2D eigenvalue weighted by Crippen LogP contribution is 2.40. The summed E-state index contributed by atoms with van der Waals surface area (Å²) < 4.78 is 41.0. The number of thiophene rings is 1. The monoisotopic (exact) mass is 545 g/mol. The van der Waals surface area contributed by atoms with E-state index in [0.29, 0.717) is 21.8 Å². The minimum atomic E-state index is -4.39. The van der Waals surface area contributed by atoms with Crippen molar-refractivity contribution in [1.82, 2.24) is 10.2 Å². The molecule has 0 aliphatic rings. The van der Waals surface area contributed by atoms with E-state index in [4.69, 9.17) is 11.6 Å². The Morgan fingerprint density at radius 3 is 2.34 bits per heavy atom. The third-order valence-corrected chi connectivity index (χ3v) is 7.73. The summed E-state index contributed by atoms with van der Waals surface area (Å²) in [4.78, 5) is 0.815. The molecule has 4 aromatic carbocycles. The van der Waals surface area contributed by atoms with E-state index in [1.165, 1.54) is 17.4 Å². The van der Waals surface area contributed by atoms with E-state index in [2.05, 4.69) is 15.5 Å². The van der Waals surface area contributed by atoms with Crippen LogP contribution in [0.4, 0.5) is 18.9 Å². The second-order valence-electron chi connectivity index (χ2n) is 8.79. The molecule has 0 unspecified atom stereocenters. The fourth-order valence-corrected chi connectivity index (χ4v) is 5.85. The van der Waals surface area contributed by atoms with Crippen molar-refractivity contribution in [1.29, 1.82) is 0 Å². The molecule has 0 bridgehead atoms. The van der Waals surface area contributed by atoms with Gasteiger partial charge in [0.05, 0.1) is 10.6 Å². The molecule has 0 radical (unpaired) electrons. The minimum Gasteiger partial charge on any atom is -0.380 e. The number of aromatic nitrogens is 2. The highest BCUT2D eigenvalue weighted by atomic mass is 35.5. The predicted molar refractivity (Wildman–Crippen MR) is 150 cm³/mol. The van der Waals surface area contributed by atoms with Crippen LogP contribution in [-0.4, -0.2) is 10.2 Å². The van der Waals surface area contributed by atoms with Gasteiger partial charge in [0.25, 0.3) is 0 Å². The molecule has 0 fully saturated rings. The first-order valence-corrected chi connectivity index (χ1v) is 13.0. The molecule has 2 heterocycles. The number of anilines is 1. The summed E-state index contributed by atoms with van der Waals surface area (Å²) in [5.41, 5.74) is 4.34. The molecular weight excluding hydrogens is 527 g/mol. The fourth-order valence-electron chi connectivity index (χ4n) is 4.61. The van der Waals surface area contributed by atoms with Gasteiger partial charge >= 0.3 is 6.18 Å². The minimum absolute atomic E-state index is 0.231. The average Bonchev–Trinajstić information content (AvgIpc) is 3.35. The molecule has 0 aliphatic heterocycles. The molecule has 0 saturated heterocycles. The Morgan fingerprint density at radius 2 is 1.53 bits per heavy atom. The van der Waals surface area contributed by atoms with Gasteiger partial charge in [-0.1, -0.05) is 72.3 Å². The maximum absolute atomic E-state index is 13.4. The number of hydrogen-bond donors (Lipinski definition) is 1. The summed E-state index contributed by atoms with van der Waals surface area (Å²) in [7, 11) is 0. The largest absolute Gasteiger partial charge is 0.417 e. The summed E-state index contributed by atoms with van der Waals surface area (Å²) in [6, 6.07) is 29.3. The van der Waals surface area contributed by atoms with Gasteiger partial charge in [-0.25, -0.2) is 0 Å². The number of fused-ring (bicyclic) bond motifs is 2. The average molecular weight is 546 g/mol. The molecular formula is C30H19ClF3N3S. The van der Waals surface area contributed by atoms with E-state index in [-0.39, 0.29) is 5.39 Å². The van der Waals surface area contributed by atoms with Gasteiger partial charge in [0.1, 0.15) is 11.2 Å². The van der Waals surface area contributed by atoms with E-state index in [1.54, 1.807) is 18.2 Å². The number of alkyl halides is 3. The van der Waals surface area contributed by atoms with Gasteiger partial charge in [0.15, 0.2) is 0 Å². The van der Waals surface area contributed by atoms with Crippen molar-refractivity contribution >= 4 is 49.6 Å². The number of hydrogen-bond acceptors (Lipinski definition) is 4. The van der Waals surface area contributed by atoms with Crippen LogP contribution >= 0.6 is 22.9 Å². The Balaban J connectivity index is 1.38. The first kappa shape index (κ1) is 24.4. The smallest absolute Gasteiger partial charge is 0.380 e. The summed E-state index contributed by atoms with van der Waals surface area (Å²) in [6.07, 6.45) is -4.39. The predicted octanol–water partition coefficient (Wildman–Crippen LogP) is 9.46. The van der Waals surface area contributed by atoms with Gasteiger partial charge in [0.2, 0.25) is 0 Å². The molecule has 1 N–H and O–H groups in total. The zero-order valence-electron chi connectivity index (χ0n) is 19.8. The standard InChI is InChI=1S/C30H19ClF3N3S/c31-25-13-5-11-22-27(28(36-37-29(22)25)18-7-2-1-3-8-18)19-9-4-10-20(15-19)35-17-21-16-23-24(30(32,33)34)12-6-14-26(23)38-21/h1-16,35H,17H2. The molecule has 6 aromatic rings. The SMILES string of the molecule is FC(F)(F)c1cccc2sc(CNc3cccc(-c4c(-c5ccccc5)nnc5c(Cl)cccc45)c3)cc12. The quantitative estimate of drug-likeness (QED) is 0.234. The number of benzene rings is 4. The van der Waals surface area contributed by atoms with Crippen LogP contribution in [0.15, 0.2) is 97.1 Å². The number of halogens is 4. The van der Waals surface area contributed by atoms with E-state index in [9.17, 15) is 13.2 Å². The van der Waals surface area contributed by atoms with Crippen molar-refractivity contribution in [3.05, 3.63) is 113 Å². The lowest BCUT2D eigenvalue weighted by molar-refractivity contribution is -0.136. The Bertz CT molecular complexity index is 1780. The van der Waals surface area contributed by atoms with Gasteiger partial charge in [-0.05, 0) is 42.0 Å². The van der Waals surface area contributed by atoms with Gasteiger partial charge in [-0.3, -0.25) is 0 Å². The lowest BCUT2D eigenvalue weighted by Crippen LogP contribution is -2.04. The molecule has 6 rings (SSSR count). The van der Waals surface area contributed by atoms with Crippen LogP contribution in [0.2, 0.25) is 5.02 Å². The summed E-state index contributed by atoms with van der Waals surface area (Å²) in [5.74, 6) is 0. The number of nitrogens with zero attached hydrogens (tertiary/aromatic N) is 2. The molecule has 0 aliphatic carbocycles. The van der Waals surface area contributed by atoms with Crippen LogP contribution in [0.3, 0.4) is 0 Å². The van der Waals surface area contributed by atoms with Crippen molar-refractivity contribution in [2.45, 2.75) is 12.7 Å². The van der Waals surface area contributed by atoms with Gasteiger partial charge in [0, 0.05) is 43.7 Å². The lowest BCUT2D eigenvalue weighted by atomic mass is 9.95. The first-order chi connectivity index (χ1) is 18.4. The highest BCUT2D eigenvalue weighted by molar-refractivity contribution is 7.19. The van der Waals surface area contributed by atoms with Gasteiger partial charge in [-0.2, -0.15) is 13.2 Å². The number of nitrogens with one attached hydrogen (secondary N) is 1. The summed E-state index contributed by atoms with van der Waals surface area (Å²) in [5, 5.41) is 14.0. The lowest BCUT2D eigenvalue weighted by Gasteiger charge is -2.14. The van der Waals surface area contributed by atoms with Crippen molar-refractivity contribution in [3.63, 3.8) is 0 Å². The van der Waals surface area contributed by atoms with Crippen LogP contribution in [0.1, 0.15) is 10.4 Å². The molecule has 8 heteroatoms. The van der Waals surface area contributed by atoms with Crippen LogP contribution in [0.5, 0.6) is 0 Å². The molecule has 188 valence electrons. The molecule has 0 saturated carbocycles. The maximum Gasteiger partial charge on any atom is 0.417 e. The normalized spacial score (nSPS) is 11.8. The van der Waals surface area contributed by atoms with Gasteiger partial charge < -0.3 is 5.32 Å². The summed E-state index contributed by atoms with van der Waals surface area (Å²) in [6.45, 7) is 0.396. The Hall–Kier alpha value is -3.94. The third kappa shape index (κ3) is 4.59. The van der Waals surface area contributed by atoms with Gasteiger partial charge in [-0.15, -0.1) is 21.5 Å². The van der Waals surface area contributed by atoms with Crippen molar-refractivity contribution in [2.75, 3.05) is 5.32 Å². The van der Waals surface area contributed by atoms with Crippen LogP contribution < -0.4 is 5.32 Å². The zero-order valence-corrected chi connectivity index (χ0v) is 21.3. The highest BCUT2D eigenvalue weighted by Gasteiger charge is 2.32. The second kappa shape index (κ2) is 9.74. The fraction of sp³-hybridized carbons (Fsp3) is 0.0667. The van der Waals surface area contributed by atoms with Crippen LogP contribution in [-0.2, 0) is 12.7 Å². The Kier molecular flexibility index (Phi) is 6.26. The van der Waals surface area contributed by atoms with Crippen LogP contribution in [0, 0.1) is 0 Å². The number of rotatable bonds is 5. The van der Waals surface area contributed by atoms with Crippen molar-refractivity contribution < 1.29 is 13.2 Å². The van der Waals surface area contributed by atoms with E-state index in [0.717, 1.165) is 44.4 Å². The summed E-state index contributed by atoms with van der Waals surface area (Å²) >= 11 is 7.81. The Morgan fingerprint density at radius 1 is 0.763 bits per heavy atom. The zero-order chi connectivity index (χ0) is 26.3. The van der Waals surface area contributed by atoms with E-state index >= 15 is 0 Å².